The molecule has 2 heterocycles. The highest BCUT2D eigenvalue weighted by atomic mass is 16.6. The molecule has 3 rings (SSSR count). The number of aryl methyl sites for hydroxylation is 1. The average Bonchev–Trinajstić information content (AvgIpc) is 2.90. The van der Waals surface area contributed by atoms with E-state index < -0.39 is 5.60 Å². The molecule has 24 heavy (non-hydrogen) atoms. The van der Waals surface area contributed by atoms with E-state index in [0.717, 1.165) is 25.4 Å². The summed E-state index contributed by atoms with van der Waals surface area (Å²) >= 11 is 0. The van der Waals surface area contributed by atoms with Crippen LogP contribution in [0, 0.1) is 0 Å². The number of methoxy groups -OCH3 is 1. The van der Waals surface area contributed by atoms with Crippen molar-refractivity contribution in [3.63, 3.8) is 0 Å². The summed E-state index contributed by atoms with van der Waals surface area (Å²) in [5.41, 5.74) is 0.691. The highest BCUT2D eigenvalue weighted by Gasteiger charge is 2.36. The summed E-state index contributed by atoms with van der Waals surface area (Å²) in [6.07, 6.45) is 3.73. The van der Waals surface area contributed by atoms with Crippen LogP contribution in [-0.2, 0) is 23.1 Å². The van der Waals surface area contributed by atoms with Crippen molar-refractivity contribution in [3.05, 3.63) is 48.5 Å². The molecule has 0 N–H and O–H groups in total. The molecule has 6 nitrogen and oxygen atoms in total. The first-order valence-electron chi connectivity index (χ1n) is 8.19. The van der Waals surface area contributed by atoms with E-state index in [9.17, 15) is 0 Å². The molecule has 1 atom stereocenters. The van der Waals surface area contributed by atoms with Gasteiger partial charge in [0.2, 0.25) is 0 Å². The summed E-state index contributed by atoms with van der Waals surface area (Å²) in [6.45, 7) is 4.10. The molecule has 1 saturated heterocycles. The van der Waals surface area contributed by atoms with Crippen molar-refractivity contribution in [2.45, 2.75) is 12.1 Å². The van der Waals surface area contributed by atoms with E-state index in [4.69, 9.17) is 14.2 Å². The number of ether oxygens (including phenoxy) is 3. The van der Waals surface area contributed by atoms with Gasteiger partial charge in [-0.1, -0.05) is 18.2 Å². The van der Waals surface area contributed by atoms with Gasteiger partial charge in [-0.25, -0.2) is 4.98 Å². The molecule has 130 valence electrons. The number of hydrogen-bond acceptors (Lipinski definition) is 5. The van der Waals surface area contributed by atoms with Gasteiger partial charge in [0.05, 0.1) is 25.2 Å². The SMILES string of the molecule is CO[C@]1(COc2ccccc2)COCCN(Cc2cncn2C)C1. The van der Waals surface area contributed by atoms with Crippen LogP contribution in [0.1, 0.15) is 5.69 Å². The Balaban J connectivity index is 1.67. The third-order valence-corrected chi connectivity index (χ3v) is 4.41. The number of hydrogen-bond donors (Lipinski definition) is 0. The second kappa shape index (κ2) is 7.79. The van der Waals surface area contributed by atoms with Gasteiger partial charge in [0, 0.05) is 40.0 Å². The Kier molecular flexibility index (Phi) is 5.50. The van der Waals surface area contributed by atoms with E-state index in [2.05, 4.69) is 9.88 Å². The third-order valence-electron chi connectivity index (χ3n) is 4.41. The number of aromatic nitrogens is 2. The van der Waals surface area contributed by atoms with Crippen molar-refractivity contribution in [3.8, 4) is 5.75 Å². The lowest BCUT2D eigenvalue weighted by molar-refractivity contribution is -0.0926. The van der Waals surface area contributed by atoms with Gasteiger partial charge in [-0.2, -0.15) is 0 Å². The van der Waals surface area contributed by atoms with Crippen molar-refractivity contribution < 1.29 is 14.2 Å². The highest BCUT2D eigenvalue weighted by Crippen LogP contribution is 2.20. The minimum atomic E-state index is -0.481. The van der Waals surface area contributed by atoms with Gasteiger partial charge >= 0.3 is 0 Å². The van der Waals surface area contributed by atoms with Crippen LogP contribution in [0.15, 0.2) is 42.9 Å². The maximum Gasteiger partial charge on any atom is 0.137 e. The fraction of sp³-hybridized carbons (Fsp3) is 0.500. The molecular formula is C18H25N3O3. The average molecular weight is 331 g/mol. The molecule has 1 aromatic carbocycles. The quantitative estimate of drug-likeness (QED) is 0.807. The summed E-state index contributed by atoms with van der Waals surface area (Å²) in [7, 11) is 3.74. The zero-order valence-electron chi connectivity index (χ0n) is 14.4. The van der Waals surface area contributed by atoms with Crippen molar-refractivity contribution in [1.82, 2.24) is 14.5 Å². The summed E-state index contributed by atoms with van der Waals surface area (Å²) in [6, 6.07) is 9.81. The number of nitrogens with zero attached hydrogens (tertiary/aromatic N) is 3. The summed E-state index contributed by atoms with van der Waals surface area (Å²) < 4.78 is 19.6. The smallest absolute Gasteiger partial charge is 0.137 e. The Morgan fingerprint density at radius 3 is 2.83 bits per heavy atom. The van der Waals surface area contributed by atoms with Crippen molar-refractivity contribution in [2.24, 2.45) is 7.05 Å². The summed E-state index contributed by atoms with van der Waals surface area (Å²) in [5, 5.41) is 0. The third kappa shape index (κ3) is 4.14. The van der Waals surface area contributed by atoms with Crippen molar-refractivity contribution >= 4 is 0 Å². The molecule has 6 heteroatoms. The van der Waals surface area contributed by atoms with Gasteiger partial charge in [0.25, 0.3) is 0 Å². The molecule has 1 aliphatic heterocycles. The fourth-order valence-corrected chi connectivity index (χ4v) is 2.89. The van der Waals surface area contributed by atoms with Gasteiger partial charge in [0.1, 0.15) is 18.0 Å². The van der Waals surface area contributed by atoms with Crippen LogP contribution in [0.2, 0.25) is 0 Å². The van der Waals surface area contributed by atoms with E-state index in [1.54, 1.807) is 7.11 Å². The molecule has 0 saturated carbocycles. The Hall–Kier alpha value is -1.89. The maximum atomic E-state index is 5.95. The van der Waals surface area contributed by atoms with Crippen LogP contribution in [0.4, 0.5) is 0 Å². The molecule has 1 fully saturated rings. The standard InChI is InChI=1S/C18H25N3O3/c1-20-15-19-10-16(20)11-21-8-9-23-13-18(12-21,22-2)14-24-17-6-4-3-5-7-17/h3-7,10,15H,8-9,11-14H2,1-2H3/t18-/m0/s1. The molecule has 0 aliphatic carbocycles. The lowest BCUT2D eigenvalue weighted by atomic mass is 10.1. The zero-order valence-corrected chi connectivity index (χ0v) is 14.4. The van der Waals surface area contributed by atoms with Crippen LogP contribution in [-0.4, -0.2) is 60.1 Å². The predicted octanol–water partition coefficient (Wildman–Crippen LogP) is 1.72. The molecule has 0 radical (unpaired) electrons. The Bertz CT molecular complexity index is 631. The monoisotopic (exact) mass is 331 g/mol. The number of para-hydroxylation sites is 1. The number of imidazole rings is 1. The summed E-state index contributed by atoms with van der Waals surface area (Å²) in [5.74, 6) is 0.844. The second-order valence-corrected chi connectivity index (χ2v) is 6.25. The molecule has 0 spiro atoms. The van der Waals surface area contributed by atoms with Crippen molar-refractivity contribution in [2.75, 3.05) is 40.0 Å². The van der Waals surface area contributed by atoms with Gasteiger partial charge in [-0.15, -0.1) is 0 Å². The van der Waals surface area contributed by atoms with E-state index in [0.29, 0.717) is 19.8 Å². The maximum absolute atomic E-state index is 5.95. The van der Waals surface area contributed by atoms with E-state index >= 15 is 0 Å². The van der Waals surface area contributed by atoms with Gasteiger partial charge < -0.3 is 18.8 Å². The first-order chi connectivity index (χ1) is 11.7. The van der Waals surface area contributed by atoms with Gasteiger partial charge in [-0.3, -0.25) is 4.90 Å². The molecule has 1 aromatic heterocycles. The second-order valence-electron chi connectivity index (χ2n) is 6.25. The Labute approximate surface area is 143 Å². The first kappa shape index (κ1) is 17.0. The number of rotatable bonds is 6. The minimum Gasteiger partial charge on any atom is -0.490 e. The molecule has 0 amide bonds. The van der Waals surface area contributed by atoms with E-state index in [1.807, 2.05) is 54.5 Å². The van der Waals surface area contributed by atoms with Crippen LogP contribution in [0.25, 0.3) is 0 Å². The predicted molar refractivity (Wildman–Crippen MR) is 91.0 cm³/mol. The zero-order chi connectivity index (χ0) is 16.8. The van der Waals surface area contributed by atoms with Crippen LogP contribution < -0.4 is 4.74 Å². The summed E-state index contributed by atoms with van der Waals surface area (Å²) in [4.78, 5) is 6.53. The Morgan fingerprint density at radius 1 is 1.29 bits per heavy atom. The molecule has 2 aromatic rings. The fourth-order valence-electron chi connectivity index (χ4n) is 2.89. The lowest BCUT2D eigenvalue weighted by Crippen LogP contribution is -2.50. The normalized spacial score (nSPS) is 22.2. The largest absolute Gasteiger partial charge is 0.490 e. The van der Waals surface area contributed by atoms with Crippen LogP contribution >= 0.6 is 0 Å². The van der Waals surface area contributed by atoms with E-state index in [-0.39, 0.29) is 0 Å². The minimum absolute atomic E-state index is 0.454. The van der Waals surface area contributed by atoms with Crippen LogP contribution in [0.5, 0.6) is 5.75 Å². The van der Waals surface area contributed by atoms with Crippen molar-refractivity contribution in [1.29, 1.82) is 0 Å². The topological polar surface area (TPSA) is 48.8 Å². The van der Waals surface area contributed by atoms with Gasteiger partial charge in [0.15, 0.2) is 0 Å². The molecule has 0 unspecified atom stereocenters. The Morgan fingerprint density at radius 2 is 2.12 bits per heavy atom. The molecular weight excluding hydrogens is 306 g/mol. The first-order valence-corrected chi connectivity index (χ1v) is 8.19. The number of benzene rings is 1. The molecule has 1 aliphatic rings. The lowest BCUT2D eigenvalue weighted by Gasteiger charge is -2.34. The highest BCUT2D eigenvalue weighted by molar-refractivity contribution is 5.21. The van der Waals surface area contributed by atoms with Crippen LogP contribution in [0.3, 0.4) is 0 Å². The molecule has 0 bridgehead atoms. The van der Waals surface area contributed by atoms with Gasteiger partial charge in [-0.05, 0) is 12.1 Å². The van der Waals surface area contributed by atoms with E-state index in [1.165, 1.54) is 5.69 Å².